The fourth-order valence-electron chi connectivity index (χ4n) is 3.67. The summed E-state index contributed by atoms with van der Waals surface area (Å²) in [5.41, 5.74) is 3.40. The molecule has 4 nitrogen and oxygen atoms in total. The highest BCUT2D eigenvalue weighted by atomic mass is 79.9. The van der Waals surface area contributed by atoms with Crippen molar-refractivity contribution in [3.8, 4) is 0 Å². The van der Waals surface area contributed by atoms with E-state index >= 15 is 0 Å². The first-order valence-corrected chi connectivity index (χ1v) is 11.4. The molecule has 0 saturated heterocycles. The molecule has 0 radical (unpaired) electrons. The summed E-state index contributed by atoms with van der Waals surface area (Å²) in [6.45, 7) is 5.42. The Morgan fingerprint density at radius 2 is 2.03 bits per heavy atom. The van der Waals surface area contributed by atoms with Gasteiger partial charge in [-0.15, -0.1) is 0 Å². The van der Waals surface area contributed by atoms with Gasteiger partial charge in [-0.25, -0.2) is 0 Å². The van der Waals surface area contributed by atoms with E-state index in [1.54, 1.807) is 11.8 Å². The average Bonchev–Trinajstić information content (AvgIpc) is 3.11. The Morgan fingerprint density at radius 3 is 2.81 bits per heavy atom. The molecule has 0 bridgehead atoms. The monoisotopic (exact) mass is 530 g/mol. The zero-order chi connectivity index (χ0) is 21.8. The molecule has 0 unspecified atom stereocenters. The summed E-state index contributed by atoms with van der Waals surface area (Å²) >= 11 is 7.96. The lowest BCUT2D eigenvalue weighted by molar-refractivity contribution is -0.667. The summed E-state index contributed by atoms with van der Waals surface area (Å²) in [6, 6.07) is 16.4. The van der Waals surface area contributed by atoms with E-state index in [1.807, 2.05) is 24.3 Å². The average molecular weight is 532 g/mol. The van der Waals surface area contributed by atoms with Gasteiger partial charge in [-0.1, -0.05) is 47.6 Å². The molecule has 0 fully saturated rings. The standard InChI is InChI=1S/C25H24ClN2O2S.BrH/c1-3-27-14-13-19(21-12-11-20(26)17-23(21)27)7-6-10-25-28(15-16-30-18(2)29)22-8-4-5-9-24(22)31-25;/h4-14,17H,3,15-16H2,1-2H3;1H/q+1;/p-1. The number of ether oxygens (including phenoxy) is 1. The van der Waals surface area contributed by atoms with Gasteiger partial charge in [0.05, 0.1) is 22.6 Å². The van der Waals surface area contributed by atoms with E-state index in [-0.39, 0.29) is 23.0 Å². The van der Waals surface area contributed by atoms with E-state index in [0.29, 0.717) is 13.2 Å². The lowest BCUT2D eigenvalue weighted by Gasteiger charge is -2.19. The fraction of sp³-hybridized carbons (Fsp3) is 0.200. The molecular formula is C25H24BrClN2O2S. The Labute approximate surface area is 208 Å². The summed E-state index contributed by atoms with van der Waals surface area (Å²) in [6.07, 6.45) is 8.40. The van der Waals surface area contributed by atoms with Crippen LogP contribution in [0.2, 0.25) is 5.02 Å². The number of esters is 1. The number of para-hydroxylation sites is 1. The van der Waals surface area contributed by atoms with Gasteiger partial charge in [0.25, 0.3) is 0 Å². The normalized spacial score (nSPS) is 14.1. The van der Waals surface area contributed by atoms with Crippen LogP contribution in [0, 0.1) is 0 Å². The van der Waals surface area contributed by atoms with Crippen molar-refractivity contribution < 1.29 is 31.1 Å². The molecule has 1 aliphatic heterocycles. The van der Waals surface area contributed by atoms with Gasteiger partial charge in [-0.3, -0.25) is 4.79 Å². The number of halogens is 2. The summed E-state index contributed by atoms with van der Waals surface area (Å²) < 4.78 is 7.36. The van der Waals surface area contributed by atoms with Gasteiger partial charge in [0.1, 0.15) is 13.2 Å². The number of nitrogens with zero attached hydrogens (tertiary/aromatic N) is 2. The summed E-state index contributed by atoms with van der Waals surface area (Å²) in [5, 5.41) is 3.01. The van der Waals surface area contributed by atoms with Crippen LogP contribution in [0.4, 0.5) is 5.69 Å². The summed E-state index contributed by atoms with van der Waals surface area (Å²) in [4.78, 5) is 14.6. The van der Waals surface area contributed by atoms with Crippen LogP contribution in [0.25, 0.3) is 17.0 Å². The number of rotatable bonds is 6. The number of pyridine rings is 1. The number of aromatic nitrogens is 1. The highest BCUT2D eigenvalue weighted by Crippen LogP contribution is 2.45. The lowest BCUT2D eigenvalue weighted by atomic mass is 10.1. The van der Waals surface area contributed by atoms with Gasteiger partial charge < -0.3 is 26.6 Å². The van der Waals surface area contributed by atoms with Crippen molar-refractivity contribution >= 4 is 52.0 Å². The number of benzene rings is 2. The molecule has 3 aromatic rings. The van der Waals surface area contributed by atoms with Gasteiger partial charge in [0, 0.05) is 29.0 Å². The Morgan fingerprint density at radius 1 is 1.22 bits per heavy atom. The number of hydrogen-bond acceptors (Lipinski definition) is 4. The highest BCUT2D eigenvalue weighted by Gasteiger charge is 2.24. The zero-order valence-electron chi connectivity index (χ0n) is 17.9. The second kappa shape index (κ2) is 11.0. The molecule has 1 aliphatic rings. The van der Waals surface area contributed by atoms with Crippen LogP contribution in [-0.2, 0) is 16.1 Å². The van der Waals surface area contributed by atoms with Crippen LogP contribution >= 0.6 is 23.4 Å². The van der Waals surface area contributed by atoms with Crippen molar-refractivity contribution in [2.24, 2.45) is 0 Å². The Kier molecular flexibility index (Phi) is 8.40. The van der Waals surface area contributed by atoms with Gasteiger partial charge in [-0.05, 0) is 42.8 Å². The number of thioether (sulfide) groups is 1. The first-order chi connectivity index (χ1) is 15.1. The van der Waals surface area contributed by atoms with Crippen molar-refractivity contribution in [3.05, 3.63) is 82.5 Å². The van der Waals surface area contributed by atoms with E-state index in [9.17, 15) is 4.79 Å². The molecular weight excluding hydrogens is 508 g/mol. The molecule has 1 aromatic heterocycles. The number of hydrogen-bond donors (Lipinski definition) is 0. The molecule has 2 heterocycles. The van der Waals surface area contributed by atoms with Gasteiger partial charge >= 0.3 is 5.97 Å². The molecule has 0 aliphatic carbocycles. The maximum absolute atomic E-state index is 11.2. The van der Waals surface area contributed by atoms with Crippen molar-refractivity contribution in [3.63, 3.8) is 0 Å². The third kappa shape index (κ3) is 5.37. The van der Waals surface area contributed by atoms with Crippen LogP contribution in [0.3, 0.4) is 0 Å². The van der Waals surface area contributed by atoms with E-state index in [4.69, 9.17) is 16.3 Å². The van der Waals surface area contributed by atoms with Gasteiger partial charge in [0.2, 0.25) is 5.52 Å². The maximum atomic E-state index is 11.2. The first kappa shape index (κ1) is 24.4. The molecule has 0 amide bonds. The number of fused-ring (bicyclic) bond motifs is 2. The number of allylic oxidation sites excluding steroid dienone is 2. The Hall–Kier alpha value is -2.28. The topological polar surface area (TPSA) is 33.4 Å². The van der Waals surface area contributed by atoms with Crippen LogP contribution in [0.1, 0.15) is 19.4 Å². The van der Waals surface area contributed by atoms with Crippen LogP contribution in [0.15, 0.2) is 76.8 Å². The quantitative estimate of drug-likeness (QED) is 0.362. The van der Waals surface area contributed by atoms with Crippen molar-refractivity contribution in [1.29, 1.82) is 0 Å². The minimum atomic E-state index is -0.258. The SMILES string of the molecule is CC[n+]1ccc(/C=C/C=C2\Sc3ccccc3N2CCOC(C)=O)c2ccc(Cl)cc21.[Br-]. The molecule has 7 heteroatoms. The highest BCUT2D eigenvalue weighted by molar-refractivity contribution is 8.03. The largest absolute Gasteiger partial charge is 1.00 e. The molecule has 0 N–H and O–H groups in total. The molecule has 2 aromatic carbocycles. The molecule has 0 atom stereocenters. The molecule has 0 saturated carbocycles. The van der Waals surface area contributed by atoms with Crippen LogP contribution in [0.5, 0.6) is 0 Å². The van der Waals surface area contributed by atoms with Crippen molar-refractivity contribution in [2.45, 2.75) is 25.3 Å². The predicted octanol–water partition coefficient (Wildman–Crippen LogP) is 2.83. The number of aryl methyl sites for hydroxylation is 1. The van der Waals surface area contributed by atoms with E-state index < -0.39 is 0 Å². The second-order valence-corrected chi connectivity index (χ2v) is 8.64. The molecule has 32 heavy (non-hydrogen) atoms. The summed E-state index contributed by atoms with van der Waals surface area (Å²) in [5.74, 6) is -0.258. The van der Waals surface area contributed by atoms with E-state index in [2.05, 4.69) is 65.1 Å². The second-order valence-electron chi connectivity index (χ2n) is 7.14. The van der Waals surface area contributed by atoms with E-state index in [0.717, 1.165) is 38.8 Å². The minimum Gasteiger partial charge on any atom is -1.00 e. The summed E-state index contributed by atoms with van der Waals surface area (Å²) in [7, 11) is 0. The molecule has 166 valence electrons. The number of carbonyl (C=O) groups excluding carboxylic acids is 1. The van der Waals surface area contributed by atoms with E-state index in [1.165, 1.54) is 11.8 Å². The van der Waals surface area contributed by atoms with Gasteiger partial charge in [0.15, 0.2) is 6.20 Å². The Balaban J connectivity index is 0.00000289. The van der Waals surface area contributed by atoms with Crippen LogP contribution in [-0.4, -0.2) is 19.1 Å². The predicted molar refractivity (Wildman–Crippen MR) is 128 cm³/mol. The Bertz CT molecular complexity index is 1200. The zero-order valence-corrected chi connectivity index (χ0v) is 21.1. The fourth-order valence-corrected chi connectivity index (χ4v) is 4.94. The molecule has 4 rings (SSSR count). The third-order valence-corrected chi connectivity index (χ3v) is 6.49. The minimum absolute atomic E-state index is 0. The smallest absolute Gasteiger partial charge is 0.302 e. The van der Waals surface area contributed by atoms with Gasteiger partial charge in [-0.2, -0.15) is 4.57 Å². The number of carbonyl (C=O) groups is 1. The van der Waals surface area contributed by atoms with Crippen LogP contribution < -0.4 is 26.4 Å². The first-order valence-electron chi connectivity index (χ1n) is 10.2. The van der Waals surface area contributed by atoms with Crippen molar-refractivity contribution in [1.82, 2.24) is 0 Å². The lowest BCUT2D eigenvalue weighted by Crippen LogP contribution is -3.00. The van der Waals surface area contributed by atoms with Crippen molar-refractivity contribution in [2.75, 3.05) is 18.1 Å². The third-order valence-electron chi connectivity index (χ3n) is 5.13. The molecule has 0 spiro atoms. The number of anilines is 1. The maximum Gasteiger partial charge on any atom is 0.302 e.